The second-order valence-electron chi connectivity index (χ2n) is 13.5. The van der Waals surface area contributed by atoms with Gasteiger partial charge in [-0.3, -0.25) is 19.2 Å². The van der Waals surface area contributed by atoms with E-state index in [-0.39, 0.29) is 53.1 Å². The molecule has 1 saturated carbocycles. The minimum atomic E-state index is -0.991. The van der Waals surface area contributed by atoms with Crippen LogP contribution in [0.4, 0.5) is 0 Å². The van der Waals surface area contributed by atoms with Gasteiger partial charge in [-0.25, -0.2) is 4.79 Å². The summed E-state index contributed by atoms with van der Waals surface area (Å²) in [7, 11) is 0. The lowest BCUT2D eigenvalue weighted by molar-refractivity contribution is -0.151. The zero-order chi connectivity index (χ0) is 29.5. The Labute approximate surface area is 234 Å². The van der Waals surface area contributed by atoms with E-state index in [1.807, 2.05) is 27.7 Å². The fourth-order valence-corrected chi connectivity index (χ4v) is 5.81. The molecular weight excluding hydrogens is 498 g/mol. The van der Waals surface area contributed by atoms with Gasteiger partial charge in [-0.05, 0) is 61.2 Å². The average Bonchev–Trinajstić information content (AvgIpc) is 3.42. The van der Waals surface area contributed by atoms with E-state index >= 15 is 0 Å². The quantitative estimate of drug-likeness (QED) is 0.281. The number of hydrogen-bond acceptors (Lipinski definition) is 5. The molecule has 0 aromatic heterocycles. The molecule has 39 heavy (non-hydrogen) atoms. The highest BCUT2D eigenvalue weighted by molar-refractivity contribution is 5.94. The first-order valence-corrected chi connectivity index (χ1v) is 14.8. The van der Waals surface area contributed by atoms with Crippen molar-refractivity contribution in [2.45, 2.75) is 124 Å². The molecule has 0 radical (unpaired) electrons. The molecule has 1 aliphatic heterocycles. The molecule has 5 atom stereocenters. The molecular formula is C30H51N3O6. The summed E-state index contributed by atoms with van der Waals surface area (Å²) < 4.78 is 0. The Balaban J connectivity index is 1.93. The predicted molar refractivity (Wildman–Crippen MR) is 150 cm³/mol. The molecule has 3 amide bonds. The molecule has 0 aromatic carbocycles. The van der Waals surface area contributed by atoms with Crippen molar-refractivity contribution in [2.75, 3.05) is 6.54 Å². The van der Waals surface area contributed by atoms with Crippen molar-refractivity contribution in [1.29, 1.82) is 0 Å². The van der Waals surface area contributed by atoms with E-state index in [2.05, 4.69) is 31.4 Å². The Bertz CT molecular complexity index is 894. The maximum Gasteiger partial charge on any atom is 0.326 e. The van der Waals surface area contributed by atoms with Gasteiger partial charge in [0.1, 0.15) is 23.9 Å². The summed E-state index contributed by atoms with van der Waals surface area (Å²) in [5.74, 6) is -2.18. The van der Waals surface area contributed by atoms with Gasteiger partial charge in [-0.2, -0.15) is 0 Å². The van der Waals surface area contributed by atoms with Crippen molar-refractivity contribution < 1.29 is 29.1 Å². The maximum absolute atomic E-state index is 13.5. The number of rotatable bonds is 14. The highest BCUT2D eigenvalue weighted by Gasteiger charge is 2.51. The van der Waals surface area contributed by atoms with E-state index < -0.39 is 30.0 Å². The number of nitrogens with zero attached hydrogens (tertiary/aromatic N) is 1. The second-order valence-corrected chi connectivity index (χ2v) is 13.5. The summed E-state index contributed by atoms with van der Waals surface area (Å²) in [4.78, 5) is 65.1. The van der Waals surface area contributed by atoms with Crippen molar-refractivity contribution in [1.82, 2.24) is 15.5 Å². The van der Waals surface area contributed by atoms with Crippen LogP contribution in [0.2, 0.25) is 0 Å². The van der Waals surface area contributed by atoms with E-state index in [9.17, 15) is 29.1 Å². The summed E-state index contributed by atoms with van der Waals surface area (Å²) >= 11 is 0. The van der Waals surface area contributed by atoms with Crippen LogP contribution < -0.4 is 10.6 Å². The van der Waals surface area contributed by atoms with Gasteiger partial charge in [0.15, 0.2) is 0 Å². The molecule has 0 spiro atoms. The van der Waals surface area contributed by atoms with Crippen LogP contribution in [0.5, 0.6) is 0 Å². The number of fused-ring (bicyclic) bond motifs is 1. The summed E-state index contributed by atoms with van der Waals surface area (Å²) in [6.07, 6.45) is 5.94. The molecule has 9 heteroatoms. The number of aliphatic carboxylic acids is 1. The number of likely N-dealkylation sites (tertiary alicyclic amines) is 1. The van der Waals surface area contributed by atoms with Gasteiger partial charge in [-0.1, -0.05) is 54.9 Å². The third kappa shape index (κ3) is 9.60. The van der Waals surface area contributed by atoms with Gasteiger partial charge in [-0.15, -0.1) is 0 Å². The summed E-state index contributed by atoms with van der Waals surface area (Å²) in [6, 6.07) is -2.56. The van der Waals surface area contributed by atoms with Crippen LogP contribution in [0, 0.1) is 29.1 Å². The van der Waals surface area contributed by atoms with Crippen LogP contribution in [0.1, 0.15) is 106 Å². The monoisotopic (exact) mass is 549 g/mol. The molecule has 1 aliphatic carbocycles. The summed E-state index contributed by atoms with van der Waals surface area (Å²) in [6.45, 7) is 14.0. The number of carboxylic acids is 1. The molecule has 222 valence electrons. The average molecular weight is 550 g/mol. The molecule has 2 aliphatic rings. The van der Waals surface area contributed by atoms with Crippen LogP contribution >= 0.6 is 0 Å². The topological polar surface area (TPSA) is 133 Å². The number of carbonyl (C=O) groups is 5. The maximum atomic E-state index is 13.5. The molecule has 2 rings (SSSR count). The first-order valence-electron chi connectivity index (χ1n) is 14.8. The van der Waals surface area contributed by atoms with Crippen molar-refractivity contribution in [3.8, 4) is 0 Å². The second kappa shape index (κ2) is 14.3. The Hall–Kier alpha value is -2.45. The van der Waals surface area contributed by atoms with Gasteiger partial charge in [0.05, 0.1) is 0 Å². The zero-order valence-corrected chi connectivity index (χ0v) is 25.0. The van der Waals surface area contributed by atoms with Gasteiger partial charge >= 0.3 is 5.97 Å². The van der Waals surface area contributed by atoms with E-state index in [0.717, 1.165) is 25.7 Å². The first-order chi connectivity index (χ1) is 18.1. The lowest BCUT2D eigenvalue weighted by atomic mass is 9.89. The fourth-order valence-electron chi connectivity index (χ4n) is 5.81. The molecule has 0 aromatic rings. The fraction of sp³-hybridized carbons (Fsp3) is 0.833. The van der Waals surface area contributed by atoms with Crippen LogP contribution in [0.3, 0.4) is 0 Å². The molecule has 1 saturated heterocycles. The largest absolute Gasteiger partial charge is 0.480 e. The lowest BCUT2D eigenvalue weighted by Crippen LogP contribution is -2.58. The Morgan fingerprint density at radius 1 is 0.872 bits per heavy atom. The number of carboxylic acid groups (broad SMARTS) is 1. The normalized spacial score (nSPS) is 22.5. The molecule has 9 nitrogen and oxygen atoms in total. The van der Waals surface area contributed by atoms with E-state index in [1.54, 1.807) is 0 Å². The van der Waals surface area contributed by atoms with Gasteiger partial charge in [0.2, 0.25) is 17.7 Å². The molecule has 3 N–H and O–H groups in total. The highest BCUT2D eigenvalue weighted by atomic mass is 16.4. The van der Waals surface area contributed by atoms with Crippen LogP contribution in [-0.2, 0) is 24.0 Å². The number of ketones is 1. The highest BCUT2D eigenvalue weighted by Crippen LogP contribution is 2.42. The Morgan fingerprint density at radius 3 is 2.05 bits per heavy atom. The smallest absolute Gasteiger partial charge is 0.326 e. The number of nitrogens with one attached hydrogen (secondary N) is 2. The van der Waals surface area contributed by atoms with E-state index in [4.69, 9.17) is 0 Å². The number of Topliss-reactive ketones (excluding diaryl/α,β-unsaturated/α-hetero) is 1. The van der Waals surface area contributed by atoms with Crippen LogP contribution in [0.25, 0.3) is 0 Å². The standard InChI is InChI=1S/C30H51N3O6/c1-18(2)24(31-23(35)14-9-8-12-21(34)15-16-30(5,6)7)27(36)32-25(19(3)4)28(37)33-17-20-11-10-13-22(20)26(33)29(38)39/h18-20,22,24-26H,8-17H2,1-7H3,(H,31,35)(H,32,36)(H,38,39)/t20-,22-,24-,25-,26-/m0/s1. The molecule has 0 unspecified atom stereocenters. The van der Waals surface area contributed by atoms with Gasteiger partial charge in [0.25, 0.3) is 0 Å². The molecule has 1 heterocycles. The van der Waals surface area contributed by atoms with E-state index in [1.165, 1.54) is 4.90 Å². The Morgan fingerprint density at radius 2 is 1.49 bits per heavy atom. The minimum Gasteiger partial charge on any atom is -0.480 e. The summed E-state index contributed by atoms with van der Waals surface area (Å²) in [5.41, 5.74) is 0.118. The van der Waals surface area contributed by atoms with E-state index in [0.29, 0.717) is 32.2 Å². The molecule has 2 fully saturated rings. The Kier molecular flexibility index (Phi) is 12.0. The van der Waals surface area contributed by atoms with Crippen molar-refractivity contribution in [3.63, 3.8) is 0 Å². The van der Waals surface area contributed by atoms with Crippen molar-refractivity contribution in [3.05, 3.63) is 0 Å². The first kappa shape index (κ1) is 32.8. The third-order valence-corrected chi connectivity index (χ3v) is 8.19. The van der Waals surface area contributed by atoms with Gasteiger partial charge in [0, 0.05) is 25.8 Å². The lowest BCUT2D eigenvalue weighted by Gasteiger charge is -2.32. The van der Waals surface area contributed by atoms with Crippen molar-refractivity contribution in [2.24, 2.45) is 29.1 Å². The van der Waals surface area contributed by atoms with Crippen LogP contribution in [0.15, 0.2) is 0 Å². The third-order valence-electron chi connectivity index (χ3n) is 8.19. The number of hydrogen-bond donors (Lipinski definition) is 3. The SMILES string of the molecule is CC(C)[C@H](NC(=O)CCCCC(=O)CCC(C)(C)C)C(=O)N[C@H](C(=O)N1C[C@@H]2CCC[C@@H]2[C@H]1C(=O)O)C(C)C. The number of unbranched alkanes of at least 4 members (excludes halogenated alkanes) is 1. The van der Waals surface area contributed by atoms with Gasteiger partial charge < -0.3 is 20.6 Å². The van der Waals surface area contributed by atoms with Crippen LogP contribution in [-0.4, -0.2) is 64.2 Å². The number of carbonyl (C=O) groups excluding carboxylic acids is 4. The predicted octanol–water partition coefficient (Wildman–Crippen LogP) is 3.94. The number of amides is 3. The zero-order valence-electron chi connectivity index (χ0n) is 25.0. The summed E-state index contributed by atoms with van der Waals surface area (Å²) in [5, 5.41) is 15.5. The molecule has 0 bridgehead atoms. The van der Waals surface area contributed by atoms with Crippen molar-refractivity contribution >= 4 is 29.5 Å². The minimum absolute atomic E-state index is 0.0357.